The largest absolute Gasteiger partial charge is 0.416 e. The van der Waals surface area contributed by atoms with Crippen LogP contribution in [-0.4, -0.2) is 15.0 Å². The number of nitrogens with two attached hydrogens (primary N) is 1. The van der Waals surface area contributed by atoms with E-state index in [0.29, 0.717) is 6.07 Å². The van der Waals surface area contributed by atoms with Crippen LogP contribution < -0.4 is 11.3 Å². The average molecular weight is 289 g/mol. The second-order valence-corrected chi connectivity index (χ2v) is 4.11. The van der Waals surface area contributed by atoms with Crippen LogP contribution in [0.1, 0.15) is 22.9 Å². The molecule has 0 bridgehead atoms. The highest BCUT2D eigenvalue weighted by molar-refractivity contribution is 5.37. The van der Waals surface area contributed by atoms with Crippen LogP contribution in [0.5, 0.6) is 0 Å². The molecule has 0 fully saturated rings. The molecule has 0 spiro atoms. The van der Waals surface area contributed by atoms with Gasteiger partial charge in [-0.25, -0.2) is 9.82 Å². The van der Waals surface area contributed by atoms with Crippen LogP contribution in [0.25, 0.3) is 0 Å². The van der Waals surface area contributed by atoms with Gasteiger partial charge in [0.1, 0.15) is 5.82 Å². The van der Waals surface area contributed by atoms with Crippen LogP contribution in [0.15, 0.2) is 24.4 Å². The number of nitrogens with zero attached hydrogens (tertiary/aromatic N) is 3. The van der Waals surface area contributed by atoms with Gasteiger partial charge in [-0.3, -0.25) is 10.5 Å². The van der Waals surface area contributed by atoms with Gasteiger partial charge in [0.15, 0.2) is 0 Å². The first-order valence-electron chi connectivity index (χ1n) is 5.52. The zero-order valence-electron chi connectivity index (χ0n) is 10.3. The maximum absolute atomic E-state index is 13.3. The summed E-state index contributed by atoms with van der Waals surface area (Å²) >= 11 is 0. The van der Waals surface area contributed by atoms with Crippen molar-refractivity contribution in [3.05, 3.63) is 47.0 Å². The highest BCUT2D eigenvalue weighted by Crippen LogP contribution is 2.36. The van der Waals surface area contributed by atoms with Gasteiger partial charge in [0.25, 0.3) is 0 Å². The molecule has 1 atom stereocenters. The molecule has 1 heterocycles. The van der Waals surface area contributed by atoms with Crippen molar-refractivity contribution in [1.29, 1.82) is 0 Å². The first-order chi connectivity index (χ1) is 9.34. The average Bonchev–Trinajstić information content (AvgIpc) is 2.75. The van der Waals surface area contributed by atoms with E-state index in [1.165, 1.54) is 17.9 Å². The van der Waals surface area contributed by atoms with Crippen LogP contribution in [0.3, 0.4) is 0 Å². The van der Waals surface area contributed by atoms with Crippen molar-refractivity contribution in [2.45, 2.75) is 12.2 Å². The molecule has 108 valence electrons. The molecule has 0 aliphatic rings. The Morgan fingerprint density at radius 1 is 1.35 bits per heavy atom. The second-order valence-electron chi connectivity index (χ2n) is 4.11. The van der Waals surface area contributed by atoms with Gasteiger partial charge in [0.05, 0.1) is 23.5 Å². The molecule has 1 unspecified atom stereocenters. The zero-order chi connectivity index (χ0) is 14.9. The van der Waals surface area contributed by atoms with E-state index in [9.17, 15) is 17.6 Å². The number of hydrogen-bond donors (Lipinski definition) is 2. The Morgan fingerprint density at radius 3 is 2.55 bits per heavy atom. The number of hydrazine groups is 1. The van der Waals surface area contributed by atoms with E-state index in [-0.39, 0.29) is 11.3 Å². The van der Waals surface area contributed by atoms with E-state index in [4.69, 9.17) is 5.84 Å². The van der Waals surface area contributed by atoms with Crippen LogP contribution in [0.4, 0.5) is 17.6 Å². The molecule has 9 heteroatoms. The predicted molar refractivity (Wildman–Crippen MR) is 61.6 cm³/mol. The fraction of sp³-hybridized carbons (Fsp3) is 0.273. The lowest BCUT2D eigenvalue weighted by Gasteiger charge is -2.20. The monoisotopic (exact) mass is 289 g/mol. The van der Waals surface area contributed by atoms with Gasteiger partial charge in [-0.15, -0.1) is 5.10 Å². The fourth-order valence-corrected chi connectivity index (χ4v) is 1.92. The Morgan fingerprint density at radius 2 is 2.05 bits per heavy atom. The van der Waals surface area contributed by atoms with E-state index in [2.05, 4.69) is 15.7 Å². The van der Waals surface area contributed by atoms with Gasteiger partial charge in [-0.05, 0) is 23.8 Å². The van der Waals surface area contributed by atoms with E-state index in [1.54, 1.807) is 0 Å². The minimum atomic E-state index is -4.62. The van der Waals surface area contributed by atoms with Crippen molar-refractivity contribution in [2.75, 3.05) is 0 Å². The van der Waals surface area contributed by atoms with Crippen LogP contribution >= 0.6 is 0 Å². The van der Waals surface area contributed by atoms with Gasteiger partial charge in [-0.2, -0.15) is 13.2 Å². The smallest absolute Gasteiger partial charge is 0.271 e. The number of aryl methyl sites for hydroxylation is 1. The number of alkyl halides is 3. The van der Waals surface area contributed by atoms with E-state index < -0.39 is 23.6 Å². The molecule has 5 nitrogen and oxygen atoms in total. The van der Waals surface area contributed by atoms with E-state index in [0.717, 1.165) is 12.1 Å². The summed E-state index contributed by atoms with van der Waals surface area (Å²) in [6.45, 7) is 0. The normalized spacial score (nSPS) is 13.5. The van der Waals surface area contributed by atoms with Crippen LogP contribution in [-0.2, 0) is 13.2 Å². The first kappa shape index (κ1) is 14.4. The third-order valence-electron chi connectivity index (χ3n) is 2.84. The van der Waals surface area contributed by atoms with Gasteiger partial charge in [0, 0.05) is 7.05 Å². The van der Waals surface area contributed by atoms with Gasteiger partial charge >= 0.3 is 6.18 Å². The molecule has 0 aliphatic heterocycles. The Balaban J connectivity index is 2.60. The molecule has 1 aromatic heterocycles. The van der Waals surface area contributed by atoms with Gasteiger partial charge in [-0.1, -0.05) is 5.21 Å². The summed E-state index contributed by atoms with van der Waals surface area (Å²) in [4.78, 5) is 0. The molecule has 0 amide bonds. The maximum Gasteiger partial charge on any atom is 0.416 e. The van der Waals surface area contributed by atoms with Crippen LogP contribution in [0, 0.1) is 5.82 Å². The summed E-state index contributed by atoms with van der Waals surface area (Å²) in [5.74, 6) is 4.53. The summed E-state index contributed by atoms with van der Waals surface area (Å²) in [6.07, 6.45) is -3.36. The summed E-state index contributed by atoms with van der Waals surface area (Å²) in [5, 5.41) is 7.19. The number of hydrogen-bond acceptors (Lipinski definition) is 4. The lowest BCUT2D eigenvalue weighted by atomic mass is 9.98. The van der Waals surface area contributed by atoms with E-state index >= 15 is 0 Å². The molecule has 1 aromatic carbocycles. The summed E-state index contributed by atoms with van der Waals surface area (Å²) in [7, 11) is 1.50. The molecule has 0 aliphatic carbocycles. The number of halogens is 4. The second kappa shape index (κ2) is 5.17. The Kier molecular flexibility index (Phi) is 3.73. The number of aromatic nitrogens is 3. The third kappa shape index (κ3) is 2.63. The van der Waals surface area contributed by atoms with Gasteiger partial charge < -0.3 is 0 Å². The maximum atomic E-state index is 13.3. The van der Waals surface area contributed by atoms with Crippen molar-refractivity contribution in [2.24, 2.45) is 12.9 Å². The fourth-order valence-electron chi connectivity index (χ4n) is 1.92. The van der Waals surface area contributed by atoms with Crippen molar-refractivity contribution >= 4 is 0 Å². The molecule has 20 heavy (non-hydrogen) atoms. The predicted octanol–water partition coefficient (Wildman–Crippen LogP) is 1.53. The Labute approximate surface area is 111 Å². The Bertz CT molecular complexity index is 607. The van der Waals surface area contributed by atoms with Crippen molar-refractivity contribution < 1.29 is 17.6 Å². The number of nitrogens with one attached hydrogen (secondary N) is 1. The molecule has 3 N–H and O–H groups in total. The van der Waals surface area contributed by atoms with Crippen LogP contribution in [0.2, 0.25) is 0 Å². The minimum Gasteiger partial charge on any atom is -0.271 e. The van der Waals surface area contributed by atoms with Gasteiger partial charge in [0.2, 0.25) is 0 Å². The number of rotatable bonds is 3. The van der Waals surface area contributed by atoms with Crippen molar-refractivity contribution in [3.8, 4) is 0 Å². The Hall–Kier alpha value is -2.00. The summed E-state index contributed by atoms with van der Waals surface area (Å²) in [5.41, 5.74) is 1.22. The molecule has 2 rings (SSSR count). The van der Waals surface area contributed by atoms with E-state index in [1.807, 2.05) is 0 Å². The molecular formula is C11H11F4N5. The quantitative estimate of drug-likeness (QED) is 0.511. The SMILES string of the molecule is Cn1nncc1C(NN)c1cc(F)ccc1C(F)(F)F. The zero-order valence-corrected chi connectivity index (χ0v) is 10.3. The molecule has 0 saturated heterocycles. The van der Waals surface area contributed by atoms with Crippen molar-refractivity contribution in [1.82, 2.24) is 20.4 Å². The standard InChI is InChI=1S/C11H11F4N5/c1-20-9(5-17-19-20)10(18-16)7-4-6(12)2-3-8(7)11(13,14)15/h2-5,10,18H,16H2,1H3. The highest BCUT2D eigenvalue weighted by Gasteiger charge is 2.36. The summed E-state index contributed by atoms with van der Waals surface area (Å²) in [6, 6.07) is 1.14. The lowest BCUT2D eigenvalue weighted by Crippen LogP contribution is -2.32. The molecular weight excluding hydrogens is 278 g/mol. The summed E-state index contributed by atoms with van der Waals surface area (Å²) < 4.78 is 53.5. The topological polar surface area (TPSA) is 68.8 Å². The molecule has 0 radical (unpaired) electrons. The van der Waals surface area contributed by atoms with Crippen molar-refractivity contribution in [3.63, 3.8) is 0 Å². The highest BCUT2D eigenvalue weighted by atomic mass is 19.4. The number of benzene rings is 1. The molecule has 0 saturated carbocycles. The lowest BCUT2D eigenvalue weighted by molar-refractivity contribution is -0.138. The minimum absolute atomic E-state index is 0.281. The first-order valence-corrected chi connectivity index (χ1v) is 5.52. The molecule has 2 aromatic rings. The third-order valence-corrected chi connectivity index (χ3v) is 2.84.